The van der Waals surface area contributed by atoms with Gasteiger partial charge in [0.1, 0.15) is 12.4 Å². The number of aryl methyl sites for hydroxylation is 2. The van der Waals surface area contributed by atoms with E-state index in [2.05, 4.69) is 5.32 Å². The van der Waals surface area contributed by atoms with Crippen LogP contribution in [0.3, 0.4) is 0 Å². The monoisotopic (exact) mass is 424 g/mol. The zero-order valence-corrected chi connectivity index (χ0v) is 17.0. The van der Waals surface area contributed by atoms with Crippen molar-refractivity contribution in [2.45, 2.75) is 24.2 Å². The van der Waals surface area contributed by atoms with Gasteiger partial charge in [-0.05, 0) is 78.9 Å². The van der Waals surface area contributed by atoms with Crippen LogP contribution in [0, 0.1) is 5.82 Å². The molecule has 0 unspecified atom stereocenters. The van der Waals surface area contributed by atoms with Crippen LogP contribution in [-0.4, -0.2) is 20.9 Å². The maximum Gasteiger partial charge on any atom is 0.264 e. The SMILES string of the molecule is O=C(CN(c1ccccc1)S(=O)(=O)c1ccc(F)cc1)Nc1ccc2c(c1)CCC2. The summed E-state index contributed by atoms with van der Waals surface area (Å²) in [5, 5.41) is 2.80. The molecule has 1 amide bonds. The third-order valence-corrected chi connectivity index (χ3v) is 6.90. The number of nitrogens with one attached hydrogen (secondary N) is 1. The average Bonchev–Trinajstić information content (AvgIpc) is 3.21. The number of para-hydroxylation sites is 1. The quantitative estimate of drug-likeness (QED) is 0.647. The molecule has 1 aliphatic rings. The van der Waals surface area contributed by atoms with Crippen molar-refractivity contribution in [2.75, 3.05) is 16.2 Å². The van der Waals surface area contributed by atoms with Crippen molar-refractivity contribution >= 4 is 27.3 Å². The molecule has 0 atom stereocenters. The summed E-state index contributed by atoms with van der Waals surface area (Å²) in [6, 6.07) is 18.7. The minimum atomic E-state index is -4.06. The molecular weight excluding hydrogens is 403 g/mol. The van der Waals surface area contributed by atoms with Gasteiger partial charge < -0.3 is 5.32 Å². The molecule has 0 aromatic heterocycles. The number of fused-ring (bicyclic) bond motifs is 1. The van der Waals surface area contributed by atoms with Gasteiger partial charge >= 0.3 is 0 Å². The van der Waals surface area contributed by atoms with Crippen molar-refractivity contribution in [3.8, 4) is 0 Å². The summed E-state index contributed by atoms with van der Waals surface area (Å²) in [6.07, 6.45) is 3.12. The number of hydrogen-bond acceptors (Lipinski definition) is 3. The van der Waals surface area contributed by atoms with Crippen molar-refractivity contribution in [3.05, 3.63) is 89.7 Å². The molecule has 3 aromatic carbocycles. The molecule has 0 spiro atoms. The van der Waals surface area contributed by atoms with Gasteiger partial charge in [-0.2, -0.15) is 0 Å². The summed E-state index contributed by atoms with van der Waals surface area (Å²) in [5.41, 5.74) is 3.50. The Morgan fingerprint density at radius 2 is 1.63 bits per heavy atom. The van der Waals surface area contributed by atoms with Crippen molar-refractivity contribution in [1.29, 1.82) is 0 Å². The van der Waals surface area contributed by atoms with Crippen molar-refractivity contribution in [3.63, 3.8) is 0 Å². The van der Waals surface area contributed by atoms with Gasteiger partial charge in [-0.1, -0.05) is 24.3 Å². The summed E-state index contributed by atoms with van der Waals surface area (Å²) in [6.45, 7) is -0.402. The van der Waals surface area contributed by atoms with Crippen LogP contribution in [0.2, 0.25) is 0 Å². The number of rotatable bonds is 6. The summed E-state index contributed by atoms with van der Waals surface area (Å²) < 4.78 is 40.7. The lowest BCUT2D eigenvalue weighted by molar-refractivity contribution is -0.114. The Bertz CT molecular complexity index is 1160. The number of anilines is 2. The molecule has 0 bridgehead atoms. The lowest BCUT2D eigenvalue weighted by Gasteiger charge is -2.24. The summed E-state index contributed by atoms with van der Waals surface area (Å²) in [4.78, 5) is 12.7. The first kappa shape index (κ1) is 20.1. The molecule has 1 aliphatic carbocycles. The van der Waals surface area contributed by atoms with Crippen molar-refractivity contribution in [2.24, 2.45) is 0 Å². The molecule has 7 heteroatoms. The van der Waals surface area contributed by atoms with E-state index >= 15 is 0 Å². The summed E-state index contributed by atoms with van der Waals surface area (Å²) in [5.74, 6) is -0.989. The lowest BCUT2D eigenvalue weighted by atomic mass is 10.1. The fourth-order valence-electron chi connectivity index (χ4n) is 3.62. The summed E-state index contributed by atoms with van der Waals surface area (Å²) >= 11 is 0. The summed E-state index contributed by atoms with van der Waals surface area (Å²) in [7, 11) is -4.06. The van der Waals surface area contributed by atoms with Crippen LogP contribution in [0.4, 0.5) is 15.8 Å². The Hall–Kier alpha value is -3.19. The van der Waals surface area contributed by atoms with Crippen LogP contribution in [0.5, 0.6) is 0 Å². The van der Waals surface area contributed by atoms with E-state index in [4.69, 9.17) is 0 Å². The highest BCUT2D eigenvalue weighted by molar-refractivity contribution is 7.92. The van der Waals surface area contributed by atoms with E-state index in [0.717, 1.165) is 35.7 Å². The highest BCUT2D eigenvalue weighted by Gasteiger charge is 2.27. The smallest absolute Gasteiger partial charge is 0.264 e. The molecule has 30 heavy (non-hydrogen) atoms. The van der Waals surface area contributed by atoms with E-state index in [-0.39, 0.29) is 4.90 Å². The molecule has 154 valence electrons. The van der Waals surface area contributed by atoms with E-state index in [1.165, 1.54) is 23.3 Å². The van der Waals surface area contributed by atoms with Crippen molar-refractivity contribution < 1.29 is 17.6 Å². The molecule has 0 heterocycles. The van der Waals surface area contributed by atoms with Crippen LogP contribution in [0.15, 0.2) is 77.7 Å². The molecule has 5 nitrogen and oxygen atoms in total. The Labute approximate surface area is 175 Å². The first-order chi connectivity index (χ1) is 14.4. The Morgan fingerprint density at radius 1 is 0.933 bits per heavy atom. The van der Waals surface area contributed by atoms with E-state index in [9.17, 15) is 17.6 Å². The maximum absolute atomic E-state index is 13.3. The normalized spacial score (nSPS) is 13.0. The number of sulfonamides is 1. The second kappa shape index (κ2) is 8.28. The highest BCUT2D eigenvalue weighted by Crippen LogP contribution is 2.26. The van der Waals surface area contributed by atoms with Gasteiger partial charge in [-0.25, -0.2) is 12.8 Å². The van der Waals surface area contributed by atoms with Gasteiger partial charge in [0.25, 0.3) is 10.0 Å². The van der Waals surface area contributed by atoms with E-state index in [0.29, 0.717) is 11.4 Å². The van der Waals surface area contributed by atoms with E-state index in [1.807, 2.05) is 18.2 Å². The highest BCUT2D eigenvalue weighted by atomic mass is 32.2. The Kier molecular flexibility index (Phi) is 5.55. The Balaban J connectivity index is 1.60. The molecule has 1 N–H and O–H groups in total. The molecule has 4 rings (SSSR count). The van der Waals surface area contributed by atoms with Crippen LogP contribution in [-0.2, 0) is 27.7 Å². The predicted octanol–water partition coefficient (Wildman–Crippen LogP) is 4.15. The van der Waals surface area contributed by atoms with Crippen LogP contribution >= 0.6 is 0 Å². The third-order valence-electron chi connectivity index (χ3n) is 5.12. The van der Waals surface area contributed by atoms with Gasteiger partial charge in [0.15, 0.2) is 0 Å². The van der Waals surface area contributed by atoms with Gasteiger partial charge in [0.05, 0.1) is 10.6 Å². The van der Waals surface area contributed by atoms with E-state index < -0.39 is 28.3 Å². The molecule has 0 saturated heterocycles. The van der Waals surface area contributed by atoms with Crippen LogP contribution in [0.1, 0.15) is 17.5 Å². The van der Waals surface area contributed by atoms with E-state index in [1.54, 1.807) is 30.3 Å². The lowest BCUT2D eigenvalue weighted by Crippen LogP contribution is -2.38. The first-order valence-corrected chi connectivity index (χ1v) is 11.1. The zero-order chi connectivity index (χ0) is 21.1. The van der Waals surface area contributed by atoms with Crippen LogP contribution < -0.4 is 9.62 Å². The maximum atomic E-state index is 13.3. The van der Waals surface area contributed by atoms with Gasteiger partial charge in [0, 0.05) is 5.69 Å². The van der Waals surface area contributed by atoms with Gasteiger partial charge in [-0.15, -0.1) is 0 Å². The van der Waals surface area contributed by atoms with Gasteiger partial charge in [0.2, 0.25) is 5.91 Å². The molecule has 3 aromatic rings. The molecule has 0 aliphatic heterocycles. The second-order valence-electron chi connectivity index (χ2n) is 7.19. The average molecular weight is 424 g/mol. The minimum Gasteiger partial charge on any atom is -0.325 e. The third kappa shape index (κ3) is 4.21. The number of halogens is 1. The standard InChI is InChI=1S/C23H21FN2O3S/c24-19-10-13-22(14-11-19)30(28,29)26(21-7-2-1-3-8-21)16-23(27)25-20-12-9-17-5-4-6-18(17)15-20/h1-3,7-15H,4-6,16H2,(H,25,27). The topological polar surface area (TPSA) is 66.5 Å². The number of nitrogens with zero attached hydrogens (tertiary/aromatic N) is 1. The van der Waals surface area contributed by atoms with Crippen LogP contribution in [0.25, 0.3) is 0 Å². The zero-order valence-electron chi connectivity index (χ0n) is 16.2. The largest absolute Gasteiger partial charge is 0.325 e. The van der Waals surface area contributed by atoms with Crippen molar-refractivity contribution in [1.82, 2.24) is 0 Å². The molecule has 0 fully saturated rings. The number of benzene rings is 3. The van der Waals surface area contributed by atoms with Gasteiger partial charge in [-0.3, -0.25) is 9.10 Å². The fraction of sp³-hybridized carbons (Fsp3) is 0.174. The molecule has 0 radical (unpaired) electrons. The number of carbonyl (C=O) groups excluding carboxylic acids is 1. The fourth-order valence-corrected chi connectivity index (χ4v) is 5.04. The first-order valence-electron chi connectivity index (χ1n) is 9.68. The number of hydrogen-bond donors (Lipinski definition) is 1. The number of amides is 1. The molecular formula is C23H21FN2O3S. The molecule has 0 saturated carbocycles. The minimum absolute atomic E-state index is 0.0851. The predicted molar refractivity (Wildman–Crippen MR) is 114 cm³/mol. The number of carbonyl (C=O) groups is 1. The Morgan fingerprint density at radius 3 is 2.37 bits per heavy atom. The second-order valence-corrected chi connectivity index (χ2v) is 9.05.